The highest BCUT2D eigenvalue weighted by Gasteiger charge is 2.34. The zero-order chi connectivity index (χ0) is 10.8. The van der Waals surface area contributed by atoms with Crippen molar-refractivity contribution in [3.8, 4) is 0 Å². The topological polar surface area (TPSA) is 66.6 Å². The molecule has 2 fully saturated rings. The Bertz CT molecular complexity index is 245. The molecule has 0 aromatic heterocycles. The first-order chi connectivity index (χ1) is 7.18. The summed E-state index contributed by atoms with van der Waals surface area (Å²) in [6.07, 6.45) is 4.35. The van der Waals surface area contributed by atoms with Gasteiger partial charge in [-0.15, -0.1) is 0 Å². The van der Waals surface area contributed by atoms with E-state index in [0.29, 0.717) is 6.54 Å². The number of rotatable bonds is 1. The second kappa shape index (κ2) is 4.49. The fourth-order valence-corrected chi connectivity index (χ4v) is 2.68. The van der Waals surface area contributed by atoms with Crippen molar-refractivity contribution in [3.05, 3.63) is 0 Å². The number of likely N-dealkylation sites (tertiary alicyclic amines) is 1. The van der Waals surface area contributed by atoms with Gasteiger partial charge in [-0.25, -0.2) is 0 Å². The van der Waals surface area contributed by atoms with Crippen LogP contribution in [0.5, 0.6) is 0 Å². The summed E-state index contributed by atoms with van der Waals surface area (Å²) in [5, 5.41) is 9.51. The fraction of sp³-hybridized carbons (Fsp3) is 0.909. The summed E-state index contributed by atoms with van der Waals surface area (Å²) < 4.78 is 0. The van der Waals surface area contributed by atoms with Gasteiger partial charge in [0.2, 0.25) is 5.91 Å². The van der Waals surface area contributed by atoms with Crippen molar-refractivity contribution in [3.63, 3.8) is 0 Å². The predicted molar refractivity (Wildman–Crippen MR) is 57.1 cm³/mol. The number of aliphatic hydroxyl groups is 1. The molecule has 0 spiro atoms. The van der Waals surface area contributed by atoms with E-state index in [0.717, 1.165) is 38.6 Å². The smallest absolute Gasteiger partial charge is 0.227 e. The van der Waals surface area contributed by atoms with Crippen molar-refractivity contribution in [2.24, 2.45) is 11.7 Å². The lowest BCUT2D eigenvalue weighted by atomic mass is 10.00. The van der Waals surface area contributed by atoms with Crippen LogP contribution in [0.2, 0.25) is 0 Å². The average molecular weight is 212 g/mol. The molecule has 0 radical (unpaired) electrons. The van der Waals surface area contributed by atoms with Gasteiger partial charge in [0, 0.05) is 19.1 Å². The Morgan fingerprint density at radius 2 is 2.07 bits per heavy atom. The summed E-state index contributed by atoms with van der Waals surface area (Å²) in [5.41, 5.74) is 5.91. The van der Waals surface area contributed by atoms with E-state index in [-0.39, 0.29) is 24.0 Å². The molecule has 15 heavy (non-hydrogen) atoms. The third-order valence-electron chi connectivity index (χ3n) is 3.59. The summed E-state index contributed by atoms with van der Waals surface area (Å²) >= 11 is 0. The maximum absolute atomic E-state index is 12.1. The number of piperidine rings is 1. The number of nitrogens with zero attached hydrogens (tertiary/aromatic N) is 1. The third kappa shape index (κ3) is 2.32. The standard InChI is InChI=1S/C11H20N2O2/c12-10-5-1-4-9(10)11(15)13-6-2-3-8(14)7-13/h8-10,14H,1-7,12H2/t8-,9?,10?/m0/s1. The molecular formula is C11H20N2O2. The van der Waals surface area contributed by atoms with E-state index in [2.05, 4.69) is 0 Å². The second-order valence-electron chi connectivity index (χ2n) is 4.78. The minimum atomic E-state index is -0.333. The maximum Gasteiger partial charge on any atom is 0.227 e. The van der Waals surface area contributed by atoms with Crippen LogP contribution in [0.1, 0.15) is 32.1 Å². The summed E-state index contributed by atoms with van der Waals surface area (Å²) in [5.74, 6) is 0.175. The van der Waals surface area contributed by atoms with Gasteiger partial charge in [-0.3, -0.25) is 4.79 Å². The lowest BCUT2D eigenvalue weighted by molar-refractivity contribution is -0.138. The zero-order valence-electron chi connectivity index (χ0n) is 9.06. The van der Waals surface area contributed by atoms with Gasteiger partial charge >= 0.3 is 0 Å². The first kappa shape index (κ1) is 10.9. The lowest BCUT2D eigenvalue weighted by Gasteiger charge is -2.32. The first-order valence-electron chi connectivity index (χ1n) is 5.91. The number of carbonyl (C=O) groups is 1. The molecule has 2 rings (SSSR count). The summed E-state index contributed by atoms with van der Waals surface area (Å²) in [7, 11) is 0. The van der Waals surface area contributed by atoms with Crippen molar-refractivity contribution in [1.82, 2.24) is 4.90 Å². The van der Waals surface area contributed by atoms with Crippen molar-refractivity contribution in [1.29, 1.82) is 0 Å². The Labute approximate surface area is 90.4 Å². The van der Waals surface area contributed by atoms with Gasteiger partial charge in [0.05, 0.1) is 12.0 Å². The van der Waals surface area contributed by atoms with E-state index in [1.165, 1.54) is 0 Å². The number of aliphatic hydroxyl groups excluding tert-OH is 1. The molecule has 3 atom stereocenters. The predicted octanol–water partition coefficient (Wildman–Crippen LogP) is 0.0971. The minimum Gasteiger partial charge on any atom is -0.391 e. The number of hydrogen-bond donors (Lipinski definition) is 2. The SMILES string of the molecule is NC1CCCC1C(=O)N1CCC[C@H](O)C1. The van der Waals surface area contributed by atoms with E-state index in [1.54, 1.807) is 4.90 Å². The molecule has 0 aromatic carbocycles. The van der Waals surface area contributed by atoms with Gasteiger partial charge in [0.1, 0.15) is 0 Å². The molecular weight excluding hydrogens is 192 g/mol. The highest BCUT2D eigenvalue weighted by Crippen LogP contribution is 2.26. The Morgan fingerprint density at radius 3 is 2.67 bits per heavy atom. The molecule has 0 bridgehead atoms. The molecule has 1 saturated heterocycles. The monoisotopic (exact) mass is 212 g/mol. The van der Waals surface area contributed by atoms with Crippen LogP contribution in [-0.2, 0) is 4.79 Å². The molecule has 1 aliphatic heterocycles. The molecule has 86 valence electrons. The summed E-state index contributed by atoms with van der Waals surface area (Å²) in [6.45, 7) is 1.29. The largest absolute Gasteiger partial charge is 0.391 e. The van der Waals surface area contributed by atoms with Crippen LogP contribution in [0.25, 0.3) is 0 Å². The van der Waals surface area contributed by atoms with Gasteiger partial charge in [-0.1, -0.05) is 6.42 Å². The fourth-order valence-electron chi connectivity index (χ4n) is 2.68. The van der Waals surface area contributed by atoms with E-state index < -0.39 is 0 Å². The molecule has 1 aliphatic carbocycles. The van der Waals surface area contributed by atoms with E-state index in [4.69, 9.17) is 5.73 Å². The van der Waals surface area contributed by atoms with Crippen LogP contribution in [0, 0.1) is 5.92 Å². The van der Waals surface area contributed by atoms with Crippen LogP contribution in [-0.4, -0.2) is 41.1 Å². The Kier molecular flexibility index (Phi) is 3.26. The zero-order valence-corrected chi connectivity index (χ0v) is 9.06. The van der Waals surface area contributed by atoms with Crippen LogP contribution in [0.4, 0.5) is 0 Å². The normalized spacial score (nSPS) is 36.9. The molecule has 4 heteroatoms. The van der Waals surface area contributed by atoms with Gasteiger partial charge in [0.15, 0.2) is 0 Å². The molecule has 2 unspecified atom stereocenters. The van der Waals surface area contributed by atoms with Crippen molar-refractivity contribution < 1.29 is 9.90 Å². The molecule has 4 nitrogen and oxygen atoms in total. The minimum absolute atomic E-state index is 0.00954. The maximum atomic E-state index is 12.1. The van der Waals surface area contributed by atoms with Gasteiger partial charge in [-0.2, -0.15) is 0 Å². The van der Waals surface area contributed by atoms with Crippen molar-refractivity contribution >= 4 is 5.91 Å². The number of hydrogen-bond acceptors (Lipinski definition) is 3. The van der Waals surface area contributed by atoms with Crippen molar-refractivity contribution in [2.75, 3.05) is 13.1 Å². The van der Waals surface area contributed by atoms with Crippen LogP contribution in [0.3, 0.4) is 0 Å². The highest BCUT2D eigenvalue weighted by atomic mass is 16.3. The van der Waals surface area contributed by atoms with Crippen molar-refractivity contribution in [2.45, 2.75) is 44.2 Å². The Hall–Kier alpha value is -0.610. The van der Waals surface area contributed by atoms with E-state index in [9.17, 15) is 9.90 Å². The molecule has 0 aromatic rings. The Morgan fingerprint density at radius 1 is 1.27 bits per heavy atom. The summed E-state index contributed by atoms with van der Waals surface area (Å²) in [6, 6.07) is 0.0385. The number of carbonyl (C=O) groups excluding carboxylic acids is 1. The average Bonchev–Trinajstić information content (AvgIpc) is 2.63. The van der Waals surface area contributed by atoms with Gasteiger partial charge < -0.3 is 15.7 Å². The van der Waals surface area contributed by atoms with E-state index in [1.807, 2.05) is 0 Å². The summed E-state index contributed by atoms with van der Waals surface area (Å²) in [4.78, 5) is 13.9. The highest BCUT2D eigenvalue weighted by molar-refractivity contribution is 5.80. The molecule has 1 heterocycles. The first-order valence-corrected chi connectivity index (χ1v) is 5.91. The molecule has 3 N–H and O–H groups in total. The number of β-amino-alcohol motifs (C(OH)–C–C–N with tert-alkyl or cyclic N) is 1. The molecule has 1 saturated carbocycles. The van der Waals surface area contributed by atoms with Crippen LogP contribution in [0.15, 0.2) is 0 Å². The van der Waals surface area contributed by atoms with Crippen LogP contribution < -0.4 is 5.73 Å². The van der Waals surface area contributed by atoms with Crippen LogP contribution >= 0.6 is 0 Å². The number of nitrogens with two attached hydrogens (primary N) is 1. The van der Waals surface area contributed by atoms with Gasteiger partial charge in [0.25, 0.3) is 0 Å². The van der Waals surface area contributed by atoms with E-state index >= 15 is 0 Å². The third-order valence-corrected chi connectivity index (χ3v) is 3.59. The lowest BCUT2D eigenvalue weighted by Crippen LogP contribution is -2.47. The second-order valence-corrected chi connectivity index (χ2v) is 4.78. The molecule has 2 aliphatic rings. The quantitative estimate of drug-likeness (QED) is 0.647. The number of amides is 1. The van der Waals surface area contributed by atoms with Gasteiger partial charge in [-0.05, 0) is 25.7 Å². The Balaban J connectivity index is 1.94. The molecule has 1 amide bonds.